The van der Waals surface area contributed by atoms with Crippen molar-refractivity contribution in [3.05, 3.63) is 132 Å². The smallest absolute Gasteiger partial charge is 0.0397 e. The number of nitrogen functional groups attached to an aromatic ring is 2. The molecular formula is C35H26N2. The van der Waals surface area contributed by atoms with Crippen molar-refractivity contribution in [1.82, 2.24) is 0 Å². The first-order valence-corrected chi connectivity index (χ1v) is 12.7. The van der Waals surface area contributed by atoms with Crippen molar-refractivity contribution in [2.75, 3.05) is 11.5 Å². The maximum Gasteiger partial charge on any atom is 0.0397 e. The maximum absolute atomic E-state index is 6.85. The normalized spacial score (nSPS) is 11.9. The Balaban J connectivity index is 1.72. The molecule has 0 saturated carbocycles. The standard InChI is InChI=1S/C35H26N2/c36-27-16-17-28-25(19-27)18-26-20-31(37)30-21-29(22-10-4-1-5-11-22)32(23-12-6-2-7-13-23)34(35(30)33(26)28)24-14-8-3-9-15-24/h1-17,19-21H,18,36-37H2. The molecule has 1 aliphatic carbocycles. The molecule has 0 radical (unpaired) electrons. The Morgan fingerprint density at radius 1 is 0.459 bits per heavy atom. The van der Waals surface area contributed by atoms with Gasteiger partial charge >= 0.3 is 0 Å². The third-order valence-electron chi connectivity index (χ3n) is 7.53. The van der Waals surface area contributed by atoms with Crippen LogP contribution in [0.2, 0.25) is 0 Å². The highest BCUT2D eigenvalue weighted by molar-refractivity contribution is 6.19. The van der Waals surface area contributed by atoms with Crippen LogP contribution in [-0.4, -0.2) is 0 Å². The molecule has 6 aromatic carbocycles. The first-order chi connectivity index (χ1) is 18.2. The van der Waals surface area contributed by atoms with Crippen molar-refractivity contribution >= 4 is 22.1 Å². The van der Waals surface area contributed by atoms with Crippen LogP contribution in [0, 0.1) is 0 Å². The van der Waals surface area contributed by atoms with E-state index in [2.05, 4.69) is 115 Å². The van der Waals surface area contributed by atoms with E-state index in [0.29, 0.717) is 0 Å². The van der Waals surface area contributed by atoms with E-state index in [1.807, 2.05) is 6.07 Å². The van der Waals surface area contributed by atoms with Crippen LogP contribution in [0.3, 0.4) is 0 Å². The molecular weight excluding hydrogens is 448 g/mol. The van der Waals surface area contributed by atoms with Crippen LogP contribution < -0.4 is 11.5 Å². The largest absolute Gasteiger partial charge is 0.399 e. The molecule has 0 aromatic heterocycles. The van der Waals surface area contributed by atoms with Crippen molar-refractivity contribution in [2.24, 2.45) is 0 Å². The maximum atomic E-state index is 6.85. The summed E-state index contributed by atoms with van der Waals surface area (Å²) in [5, 5.41) is 2.30. The second kappa shape index (κ2) is 8.39. The van der Waals surface area contributed by atoms with Gasteiger partial charge in [0.2, 0.25) is 0 Å². The van der Waals surface area contributed by atoms with E-state index >= 15 is 0 Å². The van der Waals surface area contributed by atoms with Gasteiger partial charge in [-0.3, -0.25) is 0 Å². The van der Waals surface area contributed by atoms with Gasteiger partial charge < -0.3 is 11.5 Å². The monoisotopic (exact) mass is 474 g/mol. The van der Waals surface area contributed by atoms with E-state index in [4.69, 9.17) is 11.5 Å². The summed E-state index contributed by atoms with van der Waals surface area (Å²) in [5.41, 5.74) is 26.9. The minimum absolute atomic E-state index is 0.795. The number of anilines is 2. The van der Waals surface area contributed by atoms with Gasteiger partial charge in [-0.15, -0.1) is 0 Å². The lowest BCUT2D eigenvalue weighted by atomic mass is 9.81. The third kappa shape index (κ3) is 3.41. The second-order valence-corrected chi connectivity index (χ2v) is 9.79. The Kier molecular flexibility index (Phi) is 4.87. The average molecular weight is 475 g/mol. The minimum atomic E-state index is 0.795. The molecule has 0 heterocycles. The van der Waals surface area contributed by atoms with Gasteiger partial charge in [-0.2, -0.15) is 0 Å². The fourth-order valence-electron chi connectivity index (χ4n) is 5.97. The van der Waals surface area contributed by atoms with Gasteiger partial charge in [-0.25, -0.2) is 0 Å². The van der Waals surface area contributed by atoms with Gasteiger partial charge in [0, 0.05) is 22.1 Å². The van der Waals surface area contributed by atoms with Gasteiger partial charge in [0.05, 0.1) is 0 Å². The van der Waals surface area contributed by atoms with Gasteiger partial charge in [-0.1, -0.05) is 97.1 Å². The molecule has 6 aromatic rings. The van der Waals surface area contributed by atoms with Crippen LogP contribution >= 0.6 is 0 Å². The third-order valence-corrected chi connectivity index (χ3v) is 7.53. The molecule has 0 spiro atoms. The molecule has 0 saturated heterocycles. The summed E-state index contributed by atoms with van der Waals surface area (Å²) in [6, 6.07) is 42.8. The number of rotatable bonds is 3. The molecule has 0 fully saturated rings. The van der Waals surface area contributed by atoms with E-state index in [9.17, 15) is 0 Å². The summed E-state index contributed by atoms with van der Waals surface area (Å²) in [5.74, 6) is 0. The minimum Gasteiger partial charge on any atom is -0.399 e. The summed E-state index contributed by atoms with van der Waals surface area (Å²) >= 11 is 0. The van der Waals surface area contributed by atoms with Crippen LogP contribution in [0.15, 0.2) is 121 Å². The van der Waals surface area contributed by atoms with E-state index in [0.717, 1.165) is 23.2 Å². The Bertz CT molecular complexity index is 1790. The lowest BCUT2D eigenvalue weighted by molar-refractivity contribution is 1.27. The van der Waals surface area contributed by atoms with Gasteiger partial charge in [0.15, 0.2) is 0 Å². The van der Waals surface area contributed by atoms with Gasteiger partial charge in [0.25, 0.3) is 0 Å². The molecule has 0 aliphatic heterocycles. The molecule has 2 nitrogen and oxygen atoms in total. The number of hydrogen-bond acceptors (Lipinski definition) is 2. The SMILES string of the molecule is Nc1ccc2c(c1)Cc1cc(N)c3cc(-c4ccccc4)c(-c4ccccc4)c(-c4ccccc4)c3c1-2. The summed E-state index contributed by atoms with van der Waals surface area (Å²) in [4.78, 5) is 0. The summed E-state index contributed by atoms with van der Waals surface area (Å²) in [6.45, 7) is 0. The van der Waals surface area contributed by atoms with E-state index < -0.39 is 0 Å². The number of fused-ring (bicyclic) bond motifs is 5. The second-order valence-electron chi connectivity index (χ2n) is 9.79. The quantitative estimate of drug-likeness (QED) is 0.252. The molecule has 0 bridgehead atoms. The Morgan fingerprint density at radius 2 is 1.05 bits per heavy atom. The summed E-state index contributed by atoms with van der Waals surface area (Å²) in [7, 11) is 0. The molecule has 0 unspecified atom stereocenters. The fraction of sp³-hybridized carbons (Fsp3) is 0.0286. The highest BCUT2D eigenvalue weighted by atomic mass is 14.6. The highest BCUT2D eigenvalue weighted by Crippen LogP contribution is 2.52. The first-order valence-electron chi connectivity index (χ1n) is 12.7. The summed E-state index contributed by atoms with van der Waals surface area (Å²) < 4.78 is 0. The van der Waals surface area contributed by atoms with Crippen LogP contribution in [0.5, 0.6) is 0 Å². The van der Waals surface area contributed by atoms with E-state index in [-0.39, 0.29) is 0 Å². The molecule has 4 N–H and O–H groups in total. The zero-order valence-electron chi connectivity index (χ0n) is 20.4. The van der Waals surface area contributed by atoms with E-state index in [1.165, 1.54) is 61.0 Å². The van der Waals surface area contributed by atoms with E-state index in [1.54, 1.807) is 0 Å². The fourth-order valence-corrected chi connectivity index (χ4v) is 5.97. The first kappa shape index (κ1) is 21.5. The zero-order chi connectivity index (χ0) is 24.9. The van der Waals surface area contributed by atoms with Crippen LogP contribution in [0.1, 0.15) is 11.1 Å². The van der Waals surface area contributed by atoms with Crippen molar-refractivity contribution in [3.8, 4) is 44.5 Å². The molecule has 2 heteroatoms. The van der Waals surface area contributed by atoms with Crippen molar-refractivity contribution < 1.29 is 0 Å². The number of benzene rings is 6. The molecule has 7 rings (SSSR count). The number of hydrogen-bond donors (Lipinski definition) is 2. The van der Waals surface area contributed by atoms with Crippen molar-refractivity contribution in [1.29, 1.82) is 0 Å². The summed E-state index contributed by atoms with van der Waals surface area (Å²) in [6.07, 6.45) is 0.838. The molecule has 0 atom stereocenters. The predicted molar refractivity (Wildman–Crippen MR) is 157 cm³/mol. The molecule has 1 aliphatic rings. The highest BCUT2D eigenvalue weighted by Gasteiger charge is 2.27. The van der Waals surface area contributed by atoms with Gasteiger partial charge in [0.1, 0.15) is 0 Å². The average Bonchev–Trinajstić information content (AvgIpc) is 3.30. The molecule has 37 heavy (non-hydrogen) atoms. The zero-order valence-corrected chi connectivity index (χ0v) is 20.4. The molecule has 176 valence electrons. The number of nitrogens with two attached hydrogens (primary N) is 2. The Labute approximate surface area is 216 Å². The predicted octanol–water partition coefficient (Wildman–Crippen LogP) is 8.58. The van der Waals surface area contributed by atoms with Crippen LogP contribution in [-0.2, 0) is 6.42 Å². The van der Waals surface area contributed by atoms with Crippen molar-refractivity contribution in [2.45, 2.75) is 6.42 Å². The Hall–Kier alpha value is -4.82. The van der Waals surface area contributed by atoms with Crippen LogP contribution in [0.4, 0.5) is 11.4 Å². The molecule has 0 amide bonds. The Morgan fingerprint density at radius 3 is 1.70 bits per heavy atom. The lowest BCUT2D eigenvalue weighted by Crippen LogP contribution is -1.98. The van der Waals surface area contributed by atoms with Crippen molar-refractivity contribution in [3.63, 3.8) is 0 Å². The lowest BCUT2D eigenvalue weighted by Gasteiger charge is -2.22. The van der Waals surface area contributed by atoms with Gasteiger partial charge in [-0.05, 0) is 86.3 Å². The van der Waals surface area contributed by atoms with Crippen LogP contribution in [0.25, 0.3) is 55.3 Å². The topological polar surface area (TPSA) is 52.0 Å².